The van der Waals surface area contributed by atoms with Crippen molar-refractivity contribution in [1.29, 1.82) is 0 Å². The summed E-state index contributed by atoms with van der Waals surface area (Å²) in [5.74, 6) is 0.324. The molecule has 2 aliphatic heterocycles. The van der Waals surface area contributed by atoms with E-state index in [4.69, 9.17) is 5.73 Å². The van der Waals surface area contributed by atoms with Crippen molar-refractivity contribution in [2.45, 2.75) is 18.9 Å². The van der Waals surface area contributed by atoms with Gasteiger partial charge in [0.15, 0.2) is 0 Å². The van der Waals surface area contributed by atoms with Crippen LogP contribution in [0, 0.1) is 11.8 Å². The van der Waals surface area contributed by atoms with E-state index in [2.05, 4.69) is 0 Å². The minimum atomic E-state index is -0.252. The van der Waals surface area contributed by atoms with E-state index in [0.717, 1.165) is 24.4 Å². The Morgan fingerprint density at radius 3 is 2.95 bits per heavy atom. The zero-order valence-corrected chi connectivity index (χ0v) is 13.0. The van der Waals surface area contributed by atoms with Gasteiger partial charge in [-0.2, -0.15) is 0 Å². The maximum Gasteiger partial charge on any atom is 0.228 e. The molecule has 2 N–H and O–H groups in total. The second-order valence-electron chi connectivity index (χ2n) is 5.95. The first kappa shape index (κ1) is 14.5. The Morgan fingerprint density at radius 2 is 2.33 bits per heavy atom. The lowest BCUT2D eigenvalue weighted by atomic mass is 9.97. The summed E-state index contributed by atoms with van der Waals surface area (Å²) in [7, 11) is 1.80. The third-order valence-electron chi connectivity index (χ3n) is 4.67. The van der Waals surface area contributed by atoms with Gasteiger partial charge in [-0.1, -0.05) is 6.07 Å². The van der Waals surface area contributed by atoms with E-state index in [9.17, 15) is 9.59 Å². The summed E-state index contributed by atoms with van der Waals surface area (Å²) in [5, 5.41) is 1.99. The monoisotopic (exact) mass is 307 g/mol. The van der Waals surface area contributed by atoms with Gasteiger partial charge in [-0.05, 0) is 30.3 Å². The van der Waals surface area contributed by atoms with Crippen molar-refractivity contribution in [1.82, 2.24) is 9.80 Å². The van der Waals surface area contributed by atoms with Gasteiger partial charge in [0.05, 0.1) is 12.0 Å². The molecule has 1 aromatic rings. The summed E-state index contributed by atoms with van der Waals surface area (Å²) in [6.07, 6.45) is 1.30. The number of thiophene rings is 1. The molecule has 1 aromatic heterocycles. The number of rotatable bonds is 3. The van der Waals surface area contributed by atoms with Crippen molar-refractivity contribution in [2.75, 3.05) is 26.7 Å². The predicted octanol–water partition coefficient (Wildman–Crippen LogP) is 1.07. The number of carbonyl (C=O) groups excluding carboxylic acids is 2. The molecule has 3 atom stereocenters. The Balaban J connectivity index is 1.80. The van der Waals surface area contributed by atoms with E-state index in [-0.39, 0.29) is 23.8 Å². The highest BCUT2D eigenvalue weighted by Gasteiger charge is 2.45. The molecule has 5 nitrogen and oxygen atoms in total. The number of hydrogen-bond donors (Lipinski definition) is 1. The van der Waals surface area contributed by atoms with Crippen LogP contribution in [0.2, 0.25) is 0 Å². The predicted molar refractivity (Wildman–Crippen MR) is 81.7 cm³/mol. The molecule has 0 bridgehead atoms. The Labute approximate surface area is 128 Å². The summed E-state index contributed by atoms with van der Waals surface area (Å²) in [4.78, 5) is 29.6. The molecule has 6 heteroatoms. The van der Waals surface area contributed by atoms with Gasteiger partial charge >= 0.3 is 0 Å². The quantitative estimate of drug-likeness (QED) is 0.908. The minimum Gasteiger partial charge on any atom is -0.342 e. The number of nitrogens with zero attached hydrogens (tertiary/aromatic N) is 2. The average Bonchev–Trinajstić information content (AvgIpc) is 3.19. The maximum absolute atomic E-state index is 12.8. The number of carbonyl (C=O) groups is 2. The zero-order valence-electron chi connectivity index (χ0n) is 12.2. The van der Waals surface area contributed by atoms with E-state index >= 15 is 0 Å². The molecule has 21 heavy (non-hydrogen) atoms. The van der Waals surface area contributed by atoms with Crippen LogP contribution in [0.5, 0.6) is 0 Å². The summed E-state index contributed by atoms with van der Waals surface area (Å²) in [6, 6.07) is 3.87. The van der Waals surface area contributed by atoms with Crippen LogP contribution in [0.1, 0.15) is 23.8 Å². The van der Waals surface area contributed by atoms with Crippen LogP contribution >= 0.6 is 11.3 Å². The van der Waals surface area contributed by atoms with Crippen LogP contribution in [0.4, 0.5) is 0 Å². The lowest BCUT2D eigenvalue weighted by Gasteiger charge is -2.26. The molecule has 0 aliphatic carbocycles. The molecule has 0 spiro atoms. The highest BCUT2D eigenvalue weighted by molar-refractivity contribution is 7.10. The van der Waals surface area contributed by atoms with Gasteiger partial charge in [-0.25, -0.2) is 0 Å². The fraction of sp³-hybridized carbons (Fsp3) is 0.600. The van der Waals surface area contributed by atoms with Gasteiger partial charge in [0, 0.05) is 31.4 Å². The number of amides is 2. The van der Waals surface area contributed by atoms with Crippen LogP contribution in [0.3, 0.4) is 0 Å². The maximum atomic E-state index is 12.8. The average molecular weight is 307 g/mol. The van der Waals surface area contributed by atoms with Crippen LogP contribution in [-0.4, -0.2) is 48.3 Å². The molecular formula is C15H21N3O2S. The van der Waals surface area contributed by atoms with Gasteiger partial charge in [0.25, 0.3) is 0 Å². The standard InChI is InChI=1S/C15H21N3O2S/c1-17-13(19)7-11(14(17)12-3-2-6-21-12)15(20)18-5-4-10(8-16)9-18/h2-3,6,10-11,14H,4-5,7-9,16H2,1H3. The second-order valence-corrected chi connectivity index (χ2v) is 6.93. The first-order valence-corrected chi connectivity index (χ1v) is 8.27. The fourth-order valence-electron chi connectivity index (χ4n) is 3.40. The van der Waals surface area contributed by atoms with Gasteiger partial charge in [-0.15, -0.1) is 11.3 Å². The highest BCUT2D eigenvalue weighted by Crippen LogP contribution is 2.40. The molecule has 0 aromatic carbocycles. The second kappa shape index (κ2) is 5.77. The van der Waals surface area contributed by atoms with Crippen molar-refractivity contribution in [3.63, 3.8) is 0 Å². The summed E-state index contributed by atoms with van der Waals surface area (Å²) in [6.45, 7) is 2.13. The Hall–Kier alpha value is -1.40. The van der Waals surface area contributed by atoms with Gasteiger partial charge in [0.1, 0.15) is 0 Å². The molecule has 2 amide bonds. The molecular weight excluding hydrogens is 286 g/mol. The molecule has 114 valence electrons. The molecule has 0 saturated carbocycles. The molecule has 3 rings (SSSR count). The van der Waals surface area contributed by atoms with Crippen LogP contribution in [-0.2, 0) is 9.59 Å². The smallest absolute Gasteiger partial charge is 0.228 e. The van der Waals surface area contributed by atoms with E-state index in [1.165, 1.54) is 0 Å². The lowest BCUT2D eigenvalue weighted by molar-refractivity contribution is -0.135. The first-order chi connectivity index (χ1) is 10.1. The molecule has 0 radical (unpaired) electrons. The number of likely N-dealkylation sites (tertiary alicyclic amines) is 2. The lowest BCUT2D eigenvalue weighted by Crippen LogP contribution is -2.37. The van der Waals surface area contributed by atoms with E-state index in [0.29, 0.717) is 18.9 Å². The SMILES string of the molecule is CN1C(=O)CC(C(=O)N2CCC(CN)C2)C1c1cccs1. The number of nitrogens with two attached hydrogens (primary N) is 1. The van der Waals surface area contributed by atoms with Crippen molar-refractivity contribution in [3.05, 3.63) is 22.4 Å². The van der Waals surface area contributed by atoms with E-state index in [1.807, 2.05) is 22.4 Å². The van der Waals surface area contributed by atoms with Gasteiger partial charge in [0.2, 0.25) is 11.8 Å². The molecule has 2 saturated heterocycles. The largest absolute Gasteiger partial charge is 0.342 e. The van der Waals surface area contributed by atoms with Crippen LogP contribution < -0.4 is 5.73 Å². The highest BCUT2D eigenvalue weighted by atomic mass is 32.1. The Morgan fingerprint density at radius 1 is 1.52 bits per heavy atom. The van der Waals surface area contributed by atoms with E-state index in [1.54, 1.807) is 23.3 Å². The third-order valence-corrected chi connectivity index (χ3v) is 5.61. The van der Waals surface area contributed by atoms with Crippen molar-refractivity contribution < 1.29 is 9.59 Å². The minimum absolute atomic E-state index is 0.0568. The fourth-order valence-corrected chi connectivity index (χ4v) is 4.33. The van der Waals surface area contributed by atoms with Crippen LogP contribution in [0.15, 0.2) is 17.5 Å². The molecule has 3 unspecified atom stereocenters. The zero-order chi connectivity index (χ0) is 15.0. The normalized spacial score (nSPS) is 29.4. The Kier molecular flexibility index (Phi) is 3.99. The number of hydrogen-bond acceptors (Lipinski definition) is 4. The topological polar surface area (TPSA) is 66.6 Å². The summed E-state index contributed by atoms with van der Waals surface area (Å²) in [5.41, 5.74) is 5.70. The van der Waals surface area contributed by atoms with Crippen LogP contribution in [0.25, 0.3) is 0 Å². The molecule has 2 fully saturated rings. The van der Waals surface area contributed by atoms with Crippen molar-refractivity contribution in [3.8, 4) is 0 Å². The van der Waals surface area contributed by atoms with Gasteiger partial charge < -0.3 is 15.5 Å². The summed E-state index contributed by atoms with van der Waals surface area (Å²) >= 11 is 1.61. The van der Waals surface area contributed by atoms with E-state index < -0.39 is 0 Å². The molecule has 3 heterocycles. The van der Waals surface area contributed by atoms with Crippen molar-refractivity contribution in [2.24, 2.45) is 17.6 Å². The first-order valence-electron chi connectivity index (χ1n) is 7.39. The molecule has 2 aliphatic rings. The summed E-state index contributed by atoms with van der Waals surface area (Å²) < 4.78 is 0. The van der Waals surface area contributed by atoms with Crippen molar-refractivity contribution >= 4 is 23.2 Å². The van der Waals surface area contributed by atoms with Gasteiger partial charge in [-0.3, -0.25) is 9.59 Å². The Bertz CT molecular complexity index is 531. The third kappa shape index (κ3) is 2.58.